The summed E-state index contributed by atoms with van der Waals surface area (Å²) in [4.78, 5) is 10.9. The first kappa shape index (κ1) is 10.8. The Bertz CT molecular complexity index is 322. The van der Waals surface area contributed by atoms with E-state index in [2.05, 4.69) is 24.0 Å². The molecular weight excluding hydrogens is 180 g/mol. The highest BCUT2D eigenvalue weighted by Crippen LogP contribution is 2.09. The van der Waals surface area contributed by atoms with Gasteiger partial charge in [-0.2, -0.15) is 5.10 Å². The highest BCUT2D eigenvalue weighted by molar-refractivity contribution is 5.12. The quantitative estimate of drug-likeness (QED) is 0.778. The van der Waals surface area contributed by atoms with Crippen LogP contribution in [0.4, 0.5) is 0 Å². The Morgan fingerprint density at radius 1 is 1.64 bits per heavy atom. The van der Waals surface area contributed by atoms with Crippen molar-refractivity contribution < 1.29 is 4.74 Å². The first-order valence-electron chi connectivity index (χ1n) is 4.90. The number of aromatic nitrogens is 2. The monoisotopic (exact) mass is 196 g/mol. The maximum atomic E-state index is 10.9. The van der Waals surface area contributed by atoms with Crippen LogP contribution in [0, 0.1) is 5.92 Å². The molecule has 4 nitrogen and oxygen atoms in total. The van der Waals surface area contributed by atoms with Crippen LogP contribution in [-0.2, 0) is 0 Å². The fourth-order valence-corrected chi connectivity index (χ4v) is 1.25. The Morgan fingerprint density at radius 2 is 2.43 bits per heavy atom. The number of hydrogen-bond donors (Lipinski definition) is 1. The van der Waals surface area contributed by atoms with Gasteiger partial charge in [-0.1, -0.05) is 20.3 Å². The molecular formula is C10H16N2O2. The molecule has 0 saturated carbocycles. The van der Waals surface area contributed by atoms with E-state index in [0.717, 1.165) is 12.8 Å². The van der Waals surface area contributed by atoms with E-state index in [4.69, 9.17) is 4.74 Å². The van der Waals surface area contributed by atoms with Crippen LogP contribution in [0.1, 0.15) is 26.7 Å². The molecule has 0 bridgehead atoms. The molecule has 0 amide bonds. The van der Waals surface area contributed by atoms with Gasteiger partial charge in [0.2, 0.25) is 0 Å². The van der Waals surface area contributed by atoms with E-state index in [-0.39, 0.29) is 5.56 Å². The second-order valence-electron chi connectivity index (χ2n) is 3.49. The maximum absolute atomic E-state index is 10.9. The Hall–Kier alpha value is -1.32. The lowest BCUT2D eigenvalue weighted by molar-refractivity contribution is 0.250. The van der Waals surface area contributed by atoms with Crippen molar-refractivity contribution in [2.75, 3.05) is 6.61 Å². The Morgan fingerprint density at radius 3 is 3.07 bits per heavy atom. The summed E-state index contributed by atoms with van der Waals surface area (Å²) in [5.74, 6) is 1.05. The zero-order valence-electron chi connectivity index (χ0n) is 8.62. The van der Waals surface area contributed by atoms with Crippen LogP contribution in [0.15, 0.2) is 17.1 Å². The van der Waals surface area contributed by atoms with Gasteiger partial charge in [0.1, 0.15) is 5.75 Å². The average molecular weight is 196 g/mol. The first-order chi connectivity index (χ1) is 6.72. The fourth-order valence-electron chi connectivity index (χ4n) is 1.25. The van der Waals surface area contributed by atoms with Gasteiger partial charge in [-0.3, -0.25) is 4.79 Å². The molecule has 1 rings (SSSR count). The third-order valence-electron chi connectivity index (χ3n) is 1.96. The van der Waals surface area contributed by atoms with Gasteiger partial charge in [-0.05, 0) is 12.3 Å². The van der Waals surface area contributed by atoms with Crippen LogP contribution in [0.5, 0.6) is 5.75 Å². The molecule has 1 N–H and O–H groups in total. The van der Waals surface area contributed by atoms with Gasteiger partial charge in [-0.25, -0.2) is 5.10 Å². The zero-order valence-corrected chi connectivity index (χ0v) is 8.62. The molecule has 0 spiro atoms. The van der Waals surface area contributed by atoms with Gasteiger partial charge in [0, 0.05) is 6.07 Å². The highest BCUT2D eigenvalue weighted by Gasteiger charge is 2.02. The molecule has 0 aliphatic heterocycles. The molecule has 1 unspecified atom stereocenters. The van der Waals surface area contributed by atoms with Gasteiger partial charge >= 0.3 is 0 Å². The number of H-pyrrole nitrogens is 1. The number of ether oxygens (including phenoxy) is 1. The maximum Gasteiger partial charge on any atom is 0.267 e. The van der Waals surface area contributed by atoms with Crippen molar-refractivity contribution in [1.29, 1.82) is 0 Å². The number of nitrogens with one attached hydrogen (secondary N) is 1. The zero-order chi connectivity index (χ0) is 10.4. The van der Waals surface area contributed by atoms with E-state index in [1.165, 1.54) is 12.3 Å². The van der Waals surface area contributed by atoms with Crippen LogP contribution in [0.3, 0.4) is 0 Å². The van der Waals surface area contributed by atoms with Crippen LogP contribution < -0.4 is 10.3 Å². The smallest absolute Gasteiger partial charge is 0.267 e. The minimum atomic E-state index is -0.231. The van der Waals surface area contributed by atoms with E-state index in [0.29, 0.717) is 18.3 Å². The van der Waals surface area contributed by atoms with Gasteiger partial charge in [0.05, 0.1) is 12.8 Å². The Balaban J connectivity index is 2.41. The van der Waals surface area contributed by atoms with E-state index in [1.807, 2.05) is 0 Å². The summed E-state index contributed by atoms with van der Waals surface area (Å²) < 4.78 is 5.42. The molecule has 0 saturated heterocycles. The van der Waals surface area contributed by atoms with Gasteiger partial charge in [0.25, 0.3) is 5.56 Å². The summed E-state index contributed by atoms with van der Waals surface area (Å²) in [6.07, 6.45) is 3.80. The summed E-state index contributed by atoms with van der Waals surface area (Å²) in [6.45, 7) is 4.91. The molecule has 0 radical (unpaired) electrons. The minimum Gasteiger partial charge on any atom is -0.491 e. The molecule has 14 heavy (non-hydrogen) atoms. The molecule has 1 heterocycles. The van der Waals surface area contributed by atoms with Crippen LogP contribution >= 0.6 is 0 Å². The third-order valence-corrected chi connectivity index (χ3v) is 1.96. The standard InChI is InChI=1S/C10H16N2O2/c1-3-4-8(2)7-14-9-5-10(13)12-11-6-9/h5-6,8H,3-4,7H2,1-2H3,(H,12,13). The van der Waals surface area contributed by atoms with Crippen molar-refractivity contribution >= 4 is 0 Å². The van der Waals surface area contributed by atoms with Gasteiger partial charge < -0.3 is 4.74 Å². The van der Waals surface area contributed by atoms with Crippen molar-refractivity contribution in [1.82, 2.24) is 10.2 Å². The Kier molecular flexibility index (Phi) is 4.16. The topological polar surface area (TPSA) is 55.0 Å². The SMILES string of the molecule is CCCC(C)COc1cn[nH]c(=O)c1. The highest BCUT2D eigenvalue weighted by atomic mass is 16.5. The first-order valence-corrected chi connectivity index (χ1v) is 4.90. The molecule has 4 heteroatoms. The minimum absolute atomic E-state index is 0.231. The van der Waals surface area contributed by atoms with E-state index in [1.54, 1.807) is 0 Å². The van der Waals surface area contributed by atoms with E-state index >= 15 is 0 Å². The van der Waals surface area contributed by atoms with Crippen molar-refractivity contribution in [3.05, 3.63) is 22.6 Å². The summed E-state index contributed by atoms with van der Waals surface area (Å²) in [5, 5.41) is 5.94. The lowest BCUT2D eigenvalue weighted by Crippen LogP contribution is -2.11. The number of aromatic amines is 1. The molecule has 1 atom stereocenters. The van der Waals surface area contributed by atoms with Crippen LogP contribution in [-0.4, -0.2) is 16.8 Å². The van der Waals surface area contributed by atoms with Crippen LogP contribution in [0.25, 0.3) is 0 Å². The lowest BCUT2D eigenvalue weighted by atomic mass is 10.1. The predicted molar refractivity (Wildman–Crippen MR) is 54.4 cm³/mol. The summed E-state index contributed by atoms with van der Waals surface area (Å²) in [5.41, 5.74) is -0.231. The van der Waals surface area contributed by atoms with Crippen molar-refractivity contribution in [2.24, 2.45) is 5.92 Å². The fraction of sp³-hybridized carbons (Fsp3) is 0.600. The summed E-state index contributed by atoms with van der Waals surface area (Å²) >= 11 is 0. The second-order valence-corrected chi connectivity index (χ2v) is 3.49. The third kappa shape index (κ3) is 3.60. The van der Waals surface area contributed by atoms with Crippen molar-refractivity contribution in [3.8, 4) is 5.75 Å². The summed E-state index contributed by atoms with van der Waals surface area (Å²) in [7, 11) is 0. The molecule has 78 valence electrons. The largest absolute Gasteiger partial charge is 0.491 e. The lowest BCUT2D eigenvalue weighted by Gasteiger charge is -2.10. The Labute approximate surface area is 83.3 Å². The molecule has 0 aromatic carbocycles. The van der Waals surface area contributed by atoms with E-state index in [9.17, 15) is 4.79 Å². The van der Waals surface area contributed by atoms with E-state index < -0.39 is 0 Å². The average Bonchev–Trinajstić information content (AvgIpc) is 2.15. The predicted octanol–water partition coefficient (Wildman–Crippen LogP) is 1.58. The molecule has 0 fully saturated rings. The molecule has 0 aliphatic rings. The van der Waals surface area contributed by atoms with Gasteiger partial charge in [-0.15, -0.1) is 0 Å². The number of hydrogen-bond acceptors (Lipinski definition) is 3. The molecule has 1 aromatic rings. The van der Waals surface area contributed by atoms with Crippen molar-refractivity contribution in [3.63, 3.8) is 0 Å². The second kappa shape index (κ2) is 5.42. The summed E-state index contributed by atoms with van der Waals surface area (Å²) in [6, 6.07) is 1.41. The normalized spacial score (nSPS) is 12.4. The molecule has 0 aliphatic carbocycles. The number of nitrogens with zero attached hydrogens (tertiary/aromatic N) is 1. The van der Waals surface area contributed by atoms with Crippen LogP contribution in [0.2, 0.25) is 0 Å². The van der Waals surface area contributed by atoms with Crippen molar-refractivity contribution in [2.45, 2.75) is 26.7 Å². The van der Waals surface area contributed by atoms with Gasteiger partial charge in [0.15, 0.2) is 0 Å². The number of rotatable bonds is 5. The molecule has 1 aromatic heterocycles.